The molecule has 0 fully saturated rings. The summed E-state index contributed by atoms with van der Waals surface area (Å²) in [6.45, 7) is 9.18. The molecule has 3 nitrogen and oxygen atoms in total. The molecule has 1 atom stereocenters. The molecule has 1 N–H and O–H groups in total. The predicted octanol–water partition coefficient (Wildman–Crippen LogP) is 2.00. The average Bonchev–Trinajstić information content (AvgIpc) is 2.24. The third-order valence-electron chi connectivity index (χ3n) is 2.70. The summed E-state index contributed by atoms with van der Waals surface area (Å²) in [4.78, 5) is 2.30. The van der Waals surface area contributed by atoms with E-state index in [1.165, 1.54) is 12.8 Å². The van der Waals surface area contributed by atoms with E-state index < -0.39 is 0 Å². The third-order valence-corrected chi connectivity index (χ3v) is 2.70. The van der Waals surface area contributed by atoms with E-state index in [0.29, 0.717) is 0 Å². The first kappa shape index (κ1) is 14.4. The van der Waals surface area contributed by atoms with Gasteiger partial charge in [-0.25, -0.2) is 0 Å². The van der Waals surface area contributed by atoms with Crippen LogP contribution in [0.4, 0.5) is 0 Å². The zero-order chi connectivity index (χ0) is 11.7. The molecule has 0 aromatic heterocycles. The van der Waals surface area contributed by atoms with Crippen LogP contribution < -0.4 is 5.32 Å². The van der Waals surface area contributed by atoms with Gasteiger partial charge in [-0.3, -0.25) is 5.32 Å². The van der Waals surface area contributed by atoms with Gasteiger partial charge in [-0.1, -0.05) is 20.3 Å². The molecule has 0 spiro atoms. The van der Waals surface area contributed by atoms with Gasteiger partial charge in [0, 0.05) is 6.54 Å². The molecular formula is C12H25N3. The molecule has 0 saturated heterocycles. The van der Waals surface area contributed by atoms with Crippen molar-refractivity contribution in [1.29, 1.82) is 5.26 Å². The summed E-state index contributed by atoms with van der Waals surface area (Å²) in [7, 11) is 2.12. The quantitative estimate of drug-likeness (QED) is 0.667. The molecule has 0 rings (SSSR count). The zero-order valence-corrected chi connectivity index (χ0v) is 10.6. The second kappa shape index (κ2) is 7.67. The van der Waals surface area contributed by atoms with Crippen LogP contribution in [0, 0.1) is 11.3 Å². The number of unbranched alkanes of at least 4 members (excludes halogenated alkanes) is 1. The monoisotopic (exact) mass is 211 g/mol. The third kappa shape index (κ3) is 6.48. The number of hydrogen-bond acceptors (Lipinski definition) is 3. The van der Waals surface area contributed by atoms with Gasteiger partial charge in [0.2, 0.25) is 0 Å². The number of hydrogen-bond donors (Lipinski definition) is 1. The molecule has 0 aliphatic carbocycles. The number of nitrogens with one attached hydrogen (secondary N) is 1. The summed E-state index contributed by atoms with van der Waals surface area (Å²) in [5, 5.41) is 12.3. The van der Waals surface area contributed by atoms with Gasteiger partial charge >= 0.3 is 0 Å². The fraction of sp³-hybridized carbons (Fsp3) is 0.917. The molecule has 88 valence electrons. The minimum atomic E-state index is -0.366. The number of nitriles is 1. The highest BCUT2D eigenvalue weighted by Crippen LogP contribution is 2.08. The van der Waals surface area contributed by atoms with Crippen molar-refractivity contribution in [3.05, 3.63) is 0 Å². The van der Waals surface area contributed by atoms with Crippen LogP contribution in [0.2, 0.25) is 0 Å². The molecule has 3 heteroatoms. The maximum absolute atomic E-state index is 9.07. The molecule has 0 saturated carbocycles. The van der Waals surface area contributed by atoms with E-state index in [2.05, 4.69) is 30.3 Å². The van der Waals surface area contributed by atoms with Gasteiger partial charge in [-0.2, -0.15) is 5.26 Å². The summed E-state index contributed by atoms with van der Waals surface area (Å²) in [6.07, 6.45) is 3.35. The molecule has 0 radical (unpaired) electrons. The van der Waals surface area contributed by atoms with Gasteiger partial charge in [0.05, 0.1) is 6.07 Å². The van der Waals surface area contributed by atoms with E-state index in [1.54, 1.807) is 0 Å². The minimum Gasteiger partial charge on any atom is -0.306 e. The van der Waals surface area contributed by atoms with Crippen molar-refractivity contribution >= 4 is 0 Å². The van der Waals surface area contributed by atoms with Gasteiger partial charge < -0.3 is 4.90 Å². The summed E-state index contributed by atoms with van der Waals surface area (Å²) in [5.74, 6) is 0. The van der Waals surface area contributed by atoms with Gasteiger partial charge in [-0.15, -0.1) is 0 Å². The van der Waals surface area contributed by atoms with E-state index in [1.807, 2.05) is 13.8 Å². The first-order chi connectivity index (χ1) is 7.08. The normalized spacial score (nSPS) is 14.9. The van der Waals surface area contributed by atoms with Crippen molar-refractivity contribution in [3.63, 3.8) is 0 Å². The van der Waals surface area contributed by atoms with Crippen LogP contribution in [-0.2, 0) is 0 Å². The maximum atomic E-state index is 9.07. The van der Waals surface area contributed by atoms with Gasteiger partial charge in [0.15, 0.2) is 0 Å². The Morgan fingerprint density at radius 1 is 1.33 bits per heavy atom. The predicted molar refractivity (Wildman–Crippen MR) is 64.7 cm³/mol. The van der Waals surface area contributed by atoms with Gasteiger partial charge in [0.1, 0.15) is 5.54 Å². The Balaban J connectivity index is 3.85. The van der Waals surface area contributed by atoms with E-state index in [9.17, 15) is 0 Å². The molecule has 0 heterocycles. The van der Waals surface area contributed by atoms with Crippen LogP contribution in [0.1, 0.15) is 40.0 Å². The highest BCUT2D eigenvalue weighted by Gasteiger charge is 2.22. The second-order valence-corrected chi connectivity index (χ2v) is 4.38. The smallest absolute Gasteiger partial charge is 0.105 e. The zero-order valence-electron chi connectivity index (χ0n) is 10.6. The largest absolute Gasteiger partial charge is 0.306 e. The number of rotatable bonds is 8. The second-order valence-electron chi connectivity index (χ2n) is 4.38. The average molecular weight is 211 g/mol. The van der Waals surface area contributed by atoms with Gasteiger partial charge in [0.25, 0.3) is 0 Å². The van der Waals surface area contributed by atoms with E-state index in [-0.39, 0.29) is 5.54 Å². The molecule has 0 amide bonds. The fourth-order valence-corrected chi connectivity index (χ4v) is 1.53. The van der Waals surface area contributed by atoms with Crippen LogP contribution in [0.25, 0.3) is 0 Å². The van der Waals surface area contributed by atoms with Crippen molar-refractivity contribution in [1.82, 2.24) is 10.2 Å². The molecule has 0 aromatic carbocycles. The summed E-state index contributed by atoms with van der Waals surface area (Å²) in [5.41, 5.74) is -0.366. The lowest BCUT2D eigenvalue weighted by atomic mass is 9.99. The molecular weight excluding hydrogens is 186 g/mol. The molecule has 0 aliphatic heterocycles. The van der Waals surface area contributed by atoms with Crippen molar-refractivity contribution in [2.24, 2.45) is 0 Å². The van der Waals surface area contributed by atoms with Crippen LogP contribution in [0.3, 0.4) is 0 Å². The van der Waals surface area contributed by atoms with Crippen LogP contribution in [0.5, 0.6) is 0 Å². The highest BCUT2D eigenvalue weighted by molar-refractivity contribution is 5.03. The lowest BCUT2D eigenvalue weighted by molar-refractivity contribution is 0.286. The molecule has 1 unspecified atom stereocenters. The SMILES string of the molecule is CCCCN(C)CCC(C)(C#N)NCC. The van der Waals surface area contributed by atoms with Crippen molar-refractivity contribution < 1.29 is 0 Å². The van der Waals surface area contributed by atoms with Crippen molar-refractivity contribution in [2.75, 3.05) is 26.7 Å². The summed E-state index contributed by atoms with van der Waals surface area (Å²) in [6, 6.07) is 2.35. The highest BCUT2D eigenvalue weighted by atomic mass is 15.1. The van der Waals surface area contributed by atoms with E-state index in [4.69, 9.17) is 5.26 Å². The Bertz CT molecular complexity index is 198. The Labute approximate surface area is 94.5 Å². The maximum Gasteiger partial charge on any atom is 0.105 e. The topological polar surface area (TPSA) is 39.1 Å². The van der Waals surface area contributed by atoms with Crippen LogP contribution in [-0.4, -0.2) is 37.1 Å². The van der Waals surface area contributed by atoms with Crippen molar-refractivity contribution in [2.45, 2.75) is 45.6 Å². The first-order valence-electron chi connectivity index (χ1n) is 5.92. The molecule has 15 heavy (non-hydrogen) atoms. The Morgan fingerprint density at radius 2 is 2.00 bits per heavy atom. The van der Waals surface area contributed by atoms with Crippen LogP contribution >= 0.6 is 0 Å². The standard InChI is InChI=1S/C12H25N3/c1-5-7-9-15(4)10-8-12(3,11-13)14-6-2/h14H,5-10H2,1-4H3. The Kier molecular flexibility index (Phi) is 7.37. The lowest BCUT2D eigenvalue weighted by Gasteiger charge is -2.25. The number of nitrogens with zero attached hydrogens (tertiary/aromatic N) is 2. The minimum absolute atomic E-state index is 0.366. The fourth-order valence-electron chi connectivity index (χ4n) is 1.53. The molecule has 0 aliphatic rings. The van der Waals surface area contributed by atoms with Gasteiger partial charge in [-0.05, 0) is 39.9 Å². The van der Waals surface area contributed by atoms with E-state index in [0.717, 1.165) is 26.1 Å². The Hall–Kier alpha value is -0.590. The van der Waals surface area contributed by atoms with E-state index >= 15 is 0 Å². The Morgan fingerprint density at radius 3 is 2.47 bits per heavy atom. The molecule has 0 bridgehead atoms. The van der Waals surface area contributed by atoms with Crippen molar-refractivity contribution in [3.8, 4) is 6.07 Å². The first-order valence-corrected chi connectivity index (χ1v) is 5.92. The summed E-state index contributed by atoms with van der Waals surface area (Å²) < 4.78 is 0. The summed E-state index contributed by atoms with van der Waals surface area (Å²) >= 11 is 0. The van der Waals surface area contributed by atoms with Crippen LogP contribution in [0.15, 0.2) is 0 Å². The molecule has 0 aromatic rings. The lowest BCUT2D eigenvalue weighted by Crippen LogP contribution is -2.43.